The van der Waals surface area contributed by atoms with Gasteiger partial charge in [-0.25, -0.2) is 0 Å². The van der Waals surface area contributed by atoms with E-state index in [2.05, 4.69) is 123 Å². The highest BCUT2D eigenvalue weighted by atomic mass is 16.3. The van der Waals surface area contributed by atoms with Crippen molar-refractivity contribution in [3.05, 3.63) is 127 Å². The minimum atomic E-state index is -0.141. The van der Waals surface area contributed by atoms with Crippen LogP contribution in [0.1, 0.15) is 25.0 Å². The predicted octanol–water partition coefficient (Wildman–Crippen LogP) is 9.28. The molecule has 2 aromatic heterocycles. The lowest BCUT2D eigenvalue weighted by Gasteiger charge is -2.26. The van der Waals surface area contributed by atoms with Gasteiger partial charge in [0.25, 0.3) is 0 Å². The second-order valence-electron chi connectivity index (χ2n) is 10.0. The smallest absolute Gasteiger partial charge is 0.144 e. The fourth-order valence-electron chi connectivity index (χ4n) is 5.57. The highest BCUT2D eigenvalue weighted by molar-refractivity contribution is 6.24. The second-order valence-corrected chi connectivity index (χ2v) is 10.0. The summed E-state index contributed by atoms with van der Waals surface area (Å²) in [5, 5.41) is 7.26. The Balaban J connectivity index is 1.45. The second kappa shape index (κ2) is 7.79. The normalized spacial score (nSPS) is 12.2. The van der Waals surface area contributed by atoms with E-state index in [1.807, 2.05) is 6.20 Å². The Kier molecular flexibility index (Phi) is 4.52. The van der Waals surface area contributed by atoms with Crippen LogP contribution < -0.4 is 0 Å². The van der Waals surface area contributed by atoms with Gasteiger partial charge in [0.1, 0.15) is 11.2 Å². The summed E-state index contributed by atoms with van der Waals surface area (Å²) >= 11 is 0. The molecule has 0 atom stereocenters. The number of benzene rings is 5. The van der Waals surface area contributed by atoms with Crippen LogP contribution in [0.5, 0.6) is 0 Å². The van der Waals surface area contributed by atoms with Crippen molar-refractivity contribution in [1.82, 2.24) is 4.98 Å². The fraction of sp³-hybridized carbons (Fsp3) is 0.0882. The zero-order valence-corrected chi connectivity index (χ0v) is 20.3. The number of hydrogen-bond donors (Lipinski definition) is 0. The minimum Gasteiger partial charge on any atom is -0.455 e. The summed E-state index contributed by atoms with van der Waals surface area (Å²) in [4.78, 5) is 4.78. The van der Waals surface area contributed by atoms with Crippen LogP contribution in [-0.4, -0.2) is 4.98 Å². The first-order valence-electron chi connectivity index (χ1n) is 12.4. The van der Waals surface area contributed by atoms with Crippen LogP contribution in [0.2, 0.25) is 0 Å². The number of aromatic nitrogens is 1. The number of rotatable bonds is 3. The first-order valence-corrected chi connectivity index (χ1v) is 12.4. The Labute approximate surface area is 209 Å². The molecule has 0 aliphatic heterocycles. The van der Waals surface area contributed by atoms with E-state index in [-0.39, 0.29) is 5.41 Å². The quantitative estimate of drug-likeness (QED) is 0.244. The Morgan fingerprint density at radius 2 is 1.39 bits per heavy atom. The van der Waals surface area contributed by atoms with Crippen molar-refractivity contribution in [2.45, 2.75) is 19.3 Å². The molecule has 2 nitrogen and oxygen atoms in total. The lowest BCUT2D eigenvalue weighted by Crippen LogP contribution is -2.18. The van der Waals surface area contributed by atoms with Gasteiger partial charge in [-0.15, -0.1) is 0 Å². The number of furan rings is 1. The molecule has 2 heterocycles. The molecule has 0 spiro atoms. The Hall–Kier alpha value is -4.43. The summed E-state index contributed by atoms with van der Waals surface area (Å²) in [6.07, 6.45) is 1.92. The molecular weight excluding hydrogens is 438 g/mol. The highest BCUT2D eigenvalue weighted by Gasteiger charge is 2.24. The van der Waals surface area contributed by atoms with Gasteiger partial charge in [0.2, 0.25) is 0 Å². The molecular formula is C34H25NO. The van der Waals surface area contributed by atoms with E-state index in [1.54, 1.807) is 0 Å². The molecule has 7 aromatic rings. The maximum Gasteiger partial charge on any atom is 0.144 e. The van der Waals surface area contributed by atoms with Crippen LogP contribution in [0.3, 0.4) is 0 Å². The Bertz CT molecular complexity index is 1910. The van der Waals surface area contributed by atoms with Crippen molar-refractivity contribution >= 4 is 43.5 Å². The summed E-state index contributed by atoms with van der Waals surface area (Å²) in [6, 6.07) is 38.6. The summed E-state index contributed by atoms with van der Waals surface area (Å²) in [7, 11) is 0. The zero-order valence-electron chi connectivity index (χ0n) is 20.3. The van der Waals surface area contributed by atoms with Crippen molar-refractivity contribution in [2.75, 3.05) is 0 Å². The van der Waals surface area contributed by atoms with E-state index in [0.717, 1.165) is 33.2 Å². The molecule has 0 N–H and O–H groups in total. The Morgan fingerprint density at radius 3 is 2.28 bits per heavy atom. The number of nitrogens with zero attached hydrogens (tertiary/aromatic N) is 1. The molecule has 0 saturated heterocycles. The first-order chi connectivity index (χ1) is 17.6. The lowest BCUT2D eigenvalue weighted by molar-refractivity contribution is 0.640. The lowest BCUT2D eigenvalue weighted by atomic mass is 9.78. The van der Waals surface area contributed by atoms with Crippen LogP contribution in [-0.2, 0) is 5.41 Å². The molecule has 0 fully saturated rings. The third kappa shape index (κ3) is 3.08. The van der Waals surface area contributed by atoms with E-state index in [9.17, 15) is 0 Å². The number of pyridine rings is 1. The standard InChI is InChI=1S/C34H25NO/c1-34(2,23-10-4-3-5-11-23)24-19-20-35-30(21-24)28-13-8-14-29-32-27-16-15-22-9-6-7-12-25(22)26(27)17-18-31(32)36-33(28)29/h3-21H,1-2H3. The molecule has 0 aliphatic carbocycles. The molecule has 7 rings (SSSR count). The van der Waals surface area contributed by atoms with Gasteiger partial charge < -0.3 is 4.42 Å². The van der Waals surface area contributed by atoms with Gasteiger partial charge >= 0.3 is 0 Å². The third-order valence-electron chi connectivity index (χ3n) is 7.64. The van der Waals surface area contributed by atoms with E-state index in [1.165, 1.54) is 32.7 Å². The van der Waals surface area contributed by atoms with Crippen molar-refractivity contribution in [3.8, 4) is 11.3 Å². The van der Waals surface area contributed by atoms with E-state index < -0.39 is 0 Å². The summed E-state index contributed by atoms with van der Waals surface area (Å²) in [5.74, 6) is 0. The first kappa shape index (κ1) is 20.9. The van der Waals surface area contributed by atoms with Crippen LogP contribution in [0.25, 0.3) is 54.7 Å². The van der Waals surface area contributed by atoms with E-state index in [4.69, 9.17) is 9.40 Å². The minimum absolute atomic E-state index is 0.141. The number of fused-ring (bicyclic) bond motifs is 7. The molecule has 36 heavy (non-hydrogen) atoms. The SMILES string of the molecule is CC(C)(c1ccccc1)c1ccnc(-c2cccc3c2oc2ccc4c5ccccc5ccc4c23)c1. The van der Waals surface area contributed by atoms with E-state index in [0.29, 0.717) is 0 Å². The maximum absolute atomic E-state index is 6.53. The third-order valence-corrected chi connectivity index (χ3v) is 7.64. The van der Waals surface area contributed by atoms with Crippen molar-refractivity contribution in [2.24, 2.45) is 0 Å². The van der Waals surface area contributed by atoms with Gasteiger partial charge in [-0.3, -0.25) is 4.98 Å². The number of hydrogen-bond acceptors (Lipinski definition) is 2. The maximum atomic E-state index is 6.53. The molecule has 0 radical (unpaired) electrons. The topological polar surface area (TPSA) is 26.0 Å². The van der Waals surface area contributed by atoms with Crippen LogP contribution in [0, 0.1) is 0 Å². The van der Waals surface area contributed by atoms with Gasteiger partial charge in [0.15, 0.2) is 0 Å². The van der Waals surface area contributed by atoms with Crippen LogP contribution in [0.15, 0.2) is 120 Å². The van der Waals surface area contributed by atoms with E-state index >= 15 is 0 Å². The molecule has 0 bridgehead atoms. The van der Waals surface area contributed by atoms with Crippen LogP contribution >= 0.6 is 0 Å². The largest absolute Gasteiger partial charge is 0.455 e. The Morgan fingerprint density at radius 1 is 0.611 bits per heavy atom. The van der Waals surface area contributed by atoms with Gasteiger partial charge in [-0.05, 0) is 56.9 Å². The average Bonchev–Trinajstić information content (AvgIpc) is 3.33. The predicted molar refractivity (Wildman–Crippen MR) is 151 cm³/mol. The van der Waals surface area contributed by atoms with Gasteiger partial charge in [-0.2, -0.15) is 0 Å². The van der Waals surface area contributed by atoms with Gasteiger partial charge in [-0.1, -0.05) is 98.8 Å². The van der Waals surface area contributed by atoms with Crippen LogP contribution in [0.4, 0.5) is 0 Å². The summed E-state index contributed by atoms with van der Waals surface area (Å²) in [6.45, 7) is 4.53. The molecule has 5 aromatic carbocycles. The average molecular weight is 464 g/mol. The fourth-order valence-corrected chi connectivity index (χ4v) is 5.57. The molecule has 0 amide bonds. The zero-order chi connectivity index (χ0) is 24.3. The summed E-state index contributed by atoms with van der Waals surface area (Å²) in [5.41, 5.74) is 6.10. The molecule has 0 unspecified atom stereocenters. The molecule has 172 valence electrons. The van der Waals surface area contributed by atoms with Crippen molar-refractivity contribution in [3.63, 3.8) is 0 Å². The number of para-hydroxylation sites is 1. The monoisotopic (exact) mass is 463 g/mol. The van der Waals surface area contributed by atoms with Crippen molar-refractivity contribution in [1.29, 1.82) is 0 Å². The molecule has 2 heteroatoms. The van der Waals surface area contributed by atoms with Gasteiger partial charge in [0, 0.05) is 27.9 Å². The van der Waals surface area contributed by atoms with Gasteiger partial charge in [0.05, 0.1) is 5.69 Å². The highest BCUT2D eigenvalue weighted by Crippen LogP contribution is 2.41. The summed E-state index contributed by atoms with van der Waals surface area (Å²) < 4.78 is 6.53. The molecule has 0 saturated carbocycles. The van der Waals surface area contributed by atoms with Crippen molar-refractivity contribution < 1.29 is 4.42 Å². The molecule has 0 aliphatic rings.